The second kappa shape index (κ2) is 9.59. The minimum atomic E-state index is -0.447. The summed E-state index contributed by atoms with van der Waals surface area (Å²) >= 11 is 7.70. The number of aromatic nitrogens is 4. The highest BCUT2D eigenvalue weighted by Crippen LogP contribution is 2.33. The lowest BCUT2D eigenvalue weighted by atomic mass is 9.99. The smallest absolute Gasteiger partial charge is 0.331 e. The number of benzene rings is 1. The first kappa shape index (κ1) is 25.7. The van der Waals surface area contributed by atoms with Gasteiger partial charge in [0.2, 0.25) is 5.91 Å². The number of anilines is 1. The summed E-state index contributed by atoms with van der Waals surface area (Å²) in [6.45, 7) is 8.49. The van der Waals surface area contributed by atoms with Gasteiger partial charge in [-0.1, -0.05) is 32.4 Å². The molecule has 11 heteroatoms. The van der Waals surface area contributed by atoms with E-state index in [1.807, 2.05) is 17.5 Å². The lowest BCUT2D eigenvalue weighted by molar-refractivity contribution is -0.116. The number of aryl methyl sites for hydroxylation is 2. The van der Waals surface area contributed by atoms with Crippen molar-refractivity contribution in [2.75, 3.05) is 11.9 Å². The van der Waals surface area contributed by atoms with E-state index in [1.165, 1.54) is 23.0 Å². The first-order valence-electron chi connectivity index (χ1n) is 11.3. The van der Waals surface area contributed by atoms with Crippen LogP contribution in [0.15, 0.2) is 39.2 Å². The van der Waals surface area contributed by atoms with E-state index >= 15 is 0 Å². The molecule has 0 saturated carbocycles. The zero-order valence-electron chi connectivity index (χ0n) is 21.0. The molecule has 1 aromatic carbocycles. The number of carbonyl (C=O) groups excluding carboxylic acids is 1. The minimum Gasteiger partial charge on any atom is -0.491 e. The van der Waals surface area contributed by atoms with Gasteiger partial charge in [0.25, 0.3) is 5.56 Å². The van der Waals surface area contributed by atoms with Crippen LogP contribution in [-0.2, 0) is 25.4 Å². The summed E-state index contributed by atoms with van der Waals surface area (Å²) in [5.41, 5.74) is 2.10. The molecule has 0 spiro atoms. The fourth-order valence-electron chi connectivity index (χ4n) is 3.75. The van der Waals surface area contributed by atoms with Crippen LogP contribution in [0.2, 0.25) is 5.02 Å². The quantitative estimate of drug-likeness (QED) is 0.404. The van der Waals surface area contributed by atoms with Crippen LogP contribution < -0.4 is 21.3 Å². The third-order valence-electron chi connectivity index (χ3n) is 5.67. The Labute approximate surface area is 216 Å². The maximum Gasteiger partial charge on any atom is 0.331 e. The topological polar surface area (TPSA) is 100 Å². The molecule has 0 aliphatic carbocycles. The highest BCUT2D eigenvalue weighted by molar-refractivity contribution is 7.14. The Hall–Kier alpha value is -3.37. The van der Waals surface area contributed by atoms with E-state index < -0.39 is 11.2 Å². The van der Waals surface area contributed by atoms with Gasteiger partial charge in [0, 0.05) is 30.7 Å². The molecular formula is C25H28ClN5O4S. The monoisotopic (exact) mass is 529 g/mol. The zero-order valence-corrected chi connectivity index (χ0v) is 22.6. The van der Waals surface area contributed by atoms with Crippen molar-refractivity contribution in [1.82, 2.24) is 18.7 Å². The van der Waals surface area contributed by atoms with Crippen LogP contribution in [0.4, 0.5) is 5.13 Å². The molecule has 0 unspecified atom stereocenters. The molecule has 3 heterocycles. The van der Waals surface area contributed by atoms with E-state index in [9.17, 15) is 14.4 Å². The van der Waals surface area contributed by atoms with E-state index in [1.54, 1.807) is 30.7 Å². The second-order valence-corrected chi connectivity index (χ2v) is 11.2. The highest BCUT2D eigenvalue weighted by Gasteiger charge is 2.18. The molecule has 36 heavy (non-hydrogen) atoms. The Morgan fingerprint density at radius 3 is 2.56 bits per heavy atom. The van der Waals surface area contributed by atoms with Crippen LogP contribution in [0.25, 0.3) is 22.3 Å². The molecule has 190 valence electrons. The predicted octanol–water partition coefficient (Wildman–Crippen LogP) is 4.19. The van der Waals surface area contributed by atoms with Crippen molar-refractivity contribution in [1.29, 1.82) is 0 Å². The van der Waals surface area contributed by atoms with Gasteiger partial charge in [-0.05, 0) is 36.6 Å². The lowest BCUT2D eigenvalue weighted by Gasteiger charge is -2.19. The number of amides is 1. The maximum absolute atomic E-state index is 12.8. The fraction of sp³-hybridized carbons (Fsp3) is 0.360. The second-order valence-electron chi connectivity index (χ2n) is 9.89. The normalized spacial score (nSPS) is 11.8. The minimum absolute atomic E-state index is 0.0130. The number of nitrogens with zero attached hydrogens (tertiary/aromatic N) is 4. The SMILES string of the molecule is Cc1cc2c(c(=O)n(C)c(=O)n2C)n1CC(=O)Nc1nc(-c2ccc(OCC(C)(C)C)c(Cl)c2)cs1. The maximum atomic E-state index is 12.8. The van der Waals surface area contributed by atoms with E-state index in [2.05, 4.69) is 31.1 Å². The number of halogens is 1. The molecule has 9 nitrogen and oxygen atoms in total. The van der Waals surface area contributed by atoms with E-state index in [-0.39, 0.29) is 17.9 Å². The number of hydrogen-bond donors (Lipinski definition) is 1. The van der Waals surface area contributed by atoms with Gasteiger partial charge < -0.3 is 14.6 Å². The molecule has 0 atom stereocenters. The molecule has 1 N–H and O–H groups in total. The summed E-state index contributed by atoms with van der Waals surface area (Å²) in [6.07, 6.45) is 0. The number of hydrogen-bond acceptors (Lipinski definition) is 6. The van der Waals surface area contributed by atoms with Crippen LogP contribution in [0, 0.1) is 12.3 Å². The van der Waals surface area contributed by atoms with Gasteiger partial charge in [0.05, 0.1) is 22.8 Å². The van der Waals surface area contributed by atoms with E-state index in [0.29, 0.717) is 44.9 Å². The number of rotatable bonds is 6. The van der Waals surface area contributed by atoms with Gasteiger partial charge in [0.1, 0.15) is 17.8 Å². The number of nitrogens with one attached hydrogen (secondary N) is 1. The molecule has 0 radical (unpaired) electrons. The first-order valence-corrected chi connectivity index (χ1v) is 12.6. The lowest BCUT2D eigenvalue weighted by Crippen LogP contribution is -2.37. The summed E-state index contributed by atoms with van der Waals surface area (Å²) in [4.78, 5) is 42.3. The Morgan fingerprint density at radius 1 is 1.17 bits per heavy atom. The predicted molar refractivity (Wildman–Crippen MR) is 143 cm³/mol. The van der Waals surface area contributed by atoms with Crippen molar-refractivity contribution in [2.24, 2.45) is 19.5 Å². The molecule has 0 fully saturated rings. The summed E-state index contributed by atoms with van der Waals surface area (Å²) in [5.74, 6) is 0.272. The Bertz CT molecular complexity index is 1590. The van der Waals surface area contributed by atoms with Gasteiger partial charge in [-0.25, -0.2) is 9.78 Å². The van der Waals surface area contributed by atoms with Crippen molar-refractivity contribution in [2.45, 2.75) is 34.2 Å². The third kappa shape index (κ3) is 5.10. The van der Waals surface area contributed by atoms with Crippen molar-refractivity contribution in [3.63, 3.8) is 0 Å². The van der Waals surface area contributed by atoms with Crippen molar-refractivity contribution < 1.29 is 9.53 Å². The Kier molecular flexibility index (Phi) is 6.85. The largest absolute Gasteiger partial charge is 0.491 e. The third-order valence-corrected chi connectivity index (χ3v) is 6.72. The van der Waals surface area contributed by atoms with Crippen molar-refractivity contribution in [3.8, 4) is 17.0 Å². The number of ether oxygens (including phenoxy) is 1. The average molecular weight is 530 g/mol. The number of fused-ring (bicyclic) bond motifs is 1. The summed E-state index contributed by atoms with van der Waals surface area (Å²) < 4.78 is 9.86. The zero-order chi connectivity index (χ0) is 26.4. The first-order chi connectivity index (χ1) is 16.9. The van der Waals surface area contributed by atoms with Crippen LogP contribution in [0.1, 0.15) is 26.5 Å². The van der Waals surface area contributed by atoms with Gasteiger partial charge in [-0.15, -0.1) is 11.3 Å². The summed E-state index contributed by atoms with van der Waals surface area (Å²) in [7, 11) is 3.02. The molecule has 0 saturated heterocycles. The summed E-state index contributed by atoms with van der Waals surface area (Å²) in [5, 5.41) is 5.54. The molecule has 3 aromatic heterocycles. The number of carbonyl (C=O) groups is 1. The molecule has 1 amide bonds. The highest BCUT2D eigenvalue weighted by atomic mass is 35.5. The van der Waals surface area contributed by atoms with Gasteiger partial charge in [-0.2, -0.15) is 0 Å². The number of thiazole rings is 1. The van der Waals surface area contributed by atoms with Crippen LogP contribution in [-0.4, -0.2) is 31.2 Å². The molecule has 0 aliphatic rings. The van der Waals surface area contributed by atoms with Gasteiger partial charge >= 0.3 is 5.69 Å². The average Bonchev–Trinajstić information content (AvgIpc) is 3.39. The van der Waals surface area contributed by atoms with Gasteiger partial charge in [-0.3, -0.25) is 18.7 Å². The van der Waals surface area contributed by atoms with Crippen LogP contribution in [0.3, 0.4) is 0 Å². The van der Waals surface area contributed by atoms with Crippen molar-refractivity contribution >= 4 is 45.0 Å². The molecule has 0 aliphatic heterocycles. The Balaban J connectivity index is 1.51. The van der Waals surface area contributed by atoms with Crippen molar-refractivity contribution in [3.05, 3.63) is 61.2 Å². The molecule has 4 rings (SSSR count). The summed E-state index contributed by atoms with van der Waals surface area (Å²) in [6, 6.07) is 7.20. The standard InChI is InChI=1S/C25H28ClN5O4S/c1-14-9-18-21(22(33)30(6)24(34)29(18)5)31(14)11-20(32)28-23-27-17(12-36-23)15-7-8-19(16(26)10-15)35-13-25(2,3)4/h7-10,12H,11,13H2,1-6H3,(H,27,28,32). The fourth-order valence-corrected chi connectivity index (χ4v) is 4.73. The van der Waals surface area contributed by atoms with Crippen LogP contribution >= 0.6 is 22.9 Å². The van der Waals surface area contributed by atoms with Gasteiger partial charge in [0.15, 0.2) is 5.13 Å². The van der Waals surface area contributed by atoms with Crippen LogP contribution in [0.5, 0.6) is 5.75 Å². The Morgan fingerprint density at radius 2 is 1.89 bits per heavy atom. The molecule has 4 aromatic rings. The van der Waals surface area contributed by atoms with E-state index in [4.69, 9.17) is 16.3 Å². The molecular weight excluding hydrogens is 502 g/mol. The van der Waals surface area contributed by atoms with E-state index in [0.717, 1.165) is 10.1 Å². The molecule has 0 bridgehead atoms.